The molecule has 2 N–H and O–H groups in total. The molecule has 2 fully saturated rings. The zero-order chi connectivity index (χ0) is 27.2. The first-order chi connectivity index (χ1) is 17.9. The van der Waals surface area contributed by atoms with Crippen LogP contribution in [0.5, 0.6) is 11.5 Å². The summed E-state index contributed by atoms with van der Waals surface area (Å²) in [4.78, 5) is 31.9. The van der Waals surface area contributed by atoms with Gasteiger partial charge in [0.05, 0.1) is 41.2 Å². The summed E-state index contributed by atoms with van der Waals surface area (Å²) in [5, 5.41) is 0.246. The molecular weight excluding hydrogens is 498 g/mol. The smallest absolute Gasteiger partial charge is 0.410 e. The topological polar surface area (TPSA) is 109 Å². The van der Waals surface area contributed by atoms with Gasteiger partial charge in [-0.2, -0.15) is 0 Å². The highest BCUT2D eigenvalue weighted by Crippen LogP contribution is 2.40. The van der Waals surface area contributed by atoms with Crippen LogP contribution in [0, 0.1) is 11.6 Å². The fourth-order valence-electron chi connectivity index (χ4n) is 4.97. The zero-order valence-corrected chi connectivity index (χ0v) is 21.5. The highest BCUT2D eigenvalue weighted by atomic mass is 19.1. The molecule has 2 saturated heterocycles. The van der Waals surface area contributed by atoms with Gasteiger partial charge in [-0.3, -0.25) is 9.36 Å². The van der Waals surface area contributed by atoms with Crippen LogP contribution in [0.2, 0.25) is 0 Å². The summed E-state index contributed by atoms with van der Waals surface area (Å²) in [6.45, 7) is 6.84. The Morgan fingerprint density at radius 2 is 1.92 bits per heavy atom. The highest BCUT2D eigenvalue weighted by molar-refractivity contribution is 5.79. The molecule has 0 unspecified atom stereocenters. The quantitative estimate of drug-likeness (QED) is 0.488. The van der Waals surface area contributed by atoms with Crippen LogP contribution in [0.15, 0.2) is 41.5 Å². The molecule has 1 aromatic heterocycles. The lowest BCUT2D eigenvalue weighted by atomic mass is 9.87. The van der Waals surface area contributed by atoms with Crippen molar-refractivity contribution in [2.45, 2.75) is 57.3 Å². The predicted octanol–water partition coefficient (Wildman–Crippen LogP) is 4.78. The van der Waals surface area contributed by atoms with E-state index < -0.39 is 28.6 Å². The molecular formula is C27H30F2N4O5. The molecule has 5 rings (SSSR count). The number of amides is 1. The van der Waals surface area contributed by atoms with Crippen molar-refractivity contribution < 1.29 is 27.8 Å². The van der Waals surface area contributed by atoms with Gasteiger partial charge in [0, 0.05) is 13.1 Å². The number of fused-ring (bicyclic) bond motifs is 1. The van der Waals surface area contributed by atoms with Crippen LogP contribution in [0.3, 0.4) is 0 Å². The number of halogens is 2. The monoisotopic (exact) mass is 528 g/mol. The number of ether oxygens (including phenoxy) is 3. The molecule has 0 saturated carbocycles. The molecule has 2 aliphatic heterocycles. The number of carbonyl (C=O) groups excluding carboxylic acids is 1. The fraction of sp³-hybridized carbons (Fsp3) is 0.444. The number of likely N-dealkylation sites (tertiary alicyclic amines) is 1. The first-order valence-corrected chi connectivity index (χ1v) is 12.5. The number of rotatable bonds is 3. The molecule has 0 bridgehead atoms. The highest BCUT2D eigenvalue weighted by Gasteiger charge is 2.44. The number of hydrogen-bond donors (Lipinski definition) is 1. The Morgan fingerprint density at radius 1 is 1.18 bits per heavy atom. The summed E-state index contributed by atoms with van der Waals surface area (Å²) in [7, 11) is 0. The Bertz CT molecular complexity index is 1440. The van der Waals surface area contributed by atoms with Crippen LogP contribution in [-0.2, 0) is 9.47 Å². The minimum atomic E-state index is -1.01. The number of nitrogen functional groups attached to an aromatic ring is 1. The van der Waals surface area contributed by atoms with E-state index in [0.717, 1.165) is 12.1 Å². The number of nitrogens with two attached hydrogens (primary N) is 1. The Morgan fingerprint density at radius 3 is 2.63 bits per heavy atom. The molecule has 2 aromatic carbocycles. The summed E-state index contributed by atoms with van der Waals surface area (Å²) in [6, 6.07) is 6.31. The largest absolute Gasteiger partial charge is 0.451 e. The Balaban J connectivity index is 1.33. The van der Waals surface area contributed by atoms with Gasteiger partial charge < -0.3 is 24.8 Å². The molecule has 1 amide bonds. The van der Waals surface area contributed by atoms with Gasteiger partial charge in [-0.1, -0.05) is 0 Å². The summed E-state index contributed by atoms with van der Waals surface area (Å²) >= 11 is 0. The molecule has 1 atom stereocenters. The number of carbonyl (C=O) groups is 1. The van der Waals surface area contributed by atoms with E-state index in [1.54, 1.807) is 11.0 Å². The number of nitrogens with zero attached hydrogens (tertiary/aromatic N) is 3. The van der Waals surface area contributed by atoms with Crippen LogP contribution in [0.25, 0.3) is 10.9 Å². The van der Waals surface area contributed by atoms with Gasteiger partial charge in [0.25, 0.3) is 5.56 Å². The summed E-state index contributed by atoms with van der Waals surface area (Å²) in [5.41, 5.74) is 4.39. The van der Waals surface area contributed by atoms with Crippen LogP contribution in [0.1, 0.15) is 46.1 Å². The first-order valence-electron chi connectivity index (χ1n) is 12.5. The van der Waals surface area contributed by atoms with E-state index in [2.05, 4.69) is 4.98 Å². The van der Waals surface area contributed by atoms with Crippen molar-refractivity contribution >= 4 is 22.7 Å². The molecule has 2 aliphatic rings. The van der Waals surface area contributed by atoms with Crippen LogP contribution in [0.4, 0.5) is 19.3 Å². The number of anilines is 1. The normalized spacial score (nSPS) is 19.2. The molecule has 3 heterocycles. The zero-order valence-electron chi connectivity index (χ0n) is 21.5. The molecule has 202 valence electrons. The Hall–Kier alpha value is -3.73. The second-order valence-electron chi connectivity index (χ2n) is 10.8. The predicted molar refractivity (Wildman–Crippen MR) is 136 cm³/mol. The molecule has 1 spiro atoms. The van der Waals surface area contributed by atoms with E-state index in [-0.39, 0.29) is 34.5 Å². The van der Waals surface area contributed by atoms with E-state index in [4.69, 9.17) is 19.9 Å². The van der Waals surface area contributed by atoms with Crippen molar-refractivity contribution in [3.05, 3.63) is 58.6 Å². The van der Waals surface area contributed by atoms with Gasteiger partial charge in [0.2, 0.25) is 5.75 Å². The van der Waals surface area contributed by atoms with Crippen molar-refractivity contribution in [3.63, 3.8) is 0 Å². The maximum atomic E-state index is 14.3. The van der Waals surface area contributed by atoms with E-state index in [1.807, 2.05) is 20.8 Å². The maximum absolute atomic E-state index is 14.3. The SMILES string of the molecule is CC(C)(C)OC(=O)N1CCC2(CC1)C[C@@H](n1cnc3ccc(Oc4c(F)ccc(N)c4F)cc3c1=O)CO2. The third kappa shape index (κ3) is 5.02. The molecule has 9 nitrogen and oxygen atoms in total. The lowest BCUT2D eigenvalue weighted by molar-refractivity contribution is -0.0486. The van der Waals surface area contributed by atoms with Gasteiger partial charge in [-0.05, 0) is 70.4 Å². The average molecular weight is 529 g/mol. The molecule has 11 heteroatoms. The van der Waals surface area contributed by atoms with Crippen LogP contribution < -0.4 is 16.0 Å². The van der Waals surface area contributed by atoms with Crippen molar-refractivity contribution in [2.75, 3.05) is 25.4 Å². The molecule has 3 aromatic rings. The number of hydrogen-bond acceptors (Lipinski definition) is 7. The van der Waals surface area contributed by atoms with Gasteiger partial charge in [-0.15, -0.1) is 0 Å². The van der Waals surface area contributed by atoms with E-state index in [9.17, 15) is 18.4 Å². The maximum Gasteiger partial charge on any atom is 0.410 e. The van der Waals surface area contributed by atoms with Crippen molar-refractivity contribution in [2.24, 2.45) is 0 Å². The first kappa shape index (κ1) is 25.9. The average Bonchev–Trinajstić information content (AvgIpc) is 3.27. The van der Waals surface area contributed by atoms with Crippen LogP contribution in [-0.4, -0.2) is 51.4 Å². The molecule has 38 heavy (non-hydrogen) atoms. The van der Waals surface area contributed by atoms with Crippen molar-refractivity contribution in [3.8, 4) is 11.5 Å². The Labute approximate surface area is 218 Å². The van der Waals surface area contributed by atoms with E-state index in [0.29, 0.717) is 44.5 Å². The number of piperidine rings is 1. The number of benzene rings is 2. The van der Waals surface area contributed by atoms with Gasteiger partial charge >= 0.3 is 6.09 Å². The van der Waals surface area contributed by atoms with E-state index in [1.165, 1.54) is 23.0 Å². The third-order valence-electron chi connectivity index (χ3n) is 6.96. The van der Waals surface area contributed by atoms with Gasteiger partial charge in [0.15, 0.2) is 11.6 Å². The van der Waals surface area contributed by atoms with E-state index >= 15 is 0 Å². The lowest BCUT2D eigenvalue weighted by Crippen LogP contribution is -2.48. The molecule has 0 radical (unpaired) electrons. The van der Waals surface area contributed by atoms with Gasteiger partial charge in [0.1, 0.15) is 11.4 Å². The third-order valence-corrected chi connectivity index (χ3v) is 6.96. The number of aromatic nitrogens is 2. The Kier molecular flexibility index (Phi) is 6.50. The minimum absolute atomic E-state index is 0.0752. The van der Waals surface area contributed by atoms with Gasteiger partial charge in [-0.25, -0.2) is 18.6 Å². The van der Waals surface area contributed by atoms with Crippen molar-refractivity contribution in [1.29, 1.82) is 0 Å². The summed E-state index contributed by atoms with van der Waals surface area (Å²) in [5.74, 6) is -2.49. The second kappa shape index (κ2) is 9.54. The van der Waals surface area contributed by atoms with Crippen LogP contribution >= 0.6 is 0 Å². The molecule has 0 aliphatic carbocycles. The minimum Gasteiger partial charge on any atom is -0.451 e. The fourth-order valence-corrected chi connectivity index (χ4v) is 4.97. The standard InChI is InChI=1S/C27H30F2N4O5/c1-26(2,3)38-25(35)32-10-8-27(9-11-32)13-16(14-36-27)33-15-31-21-7-4-17(12-18(21)24(33)34)37-23-19(28)5-6-20(30)22(23)29/h4-7,12,15-16H,8-11,13-14,30H2,1-3H3/t16-/m1/s1. The lowest BCUT2D eigenvalue weighted by Gasteiger charge is -2.39. The summed E-state index contributed by atoms with van der Waals surface area (Å²) in [6.07, 6.45) is 3.01. The van der Waals surface area contributed by atoms with Crippen molar-refractivity contribution in [1.82, 2.24) is 14.5 Å². The second-order valence-corrected chi connectivity index (χ2v) is 10.8. The summed E-state index contributed by atoms with van der Waals surface area (Å²) < 4.78 is 47.1.